The maximum Gasteiger partial charge on any atom is 0.120 e. The van der Waals surface area contributed by atoms with Crippen LogP contribution in [0.1, 0.15) is 25.0 Å². The standard InChI is InChI=1S/C14H17BrN2O/c1-2-18-10-3-4-12-11(7-10)13(15)14(17-12)9-5-6-16-8-9/h3-4,7,9,16-17H,2,5-6,8H2,1H3. The molecule has 1 fully saturated rings. The molecule has 2 heterocycles. The molecule has 96 valence electrons. The first-order valence-corrected chi connectivity index (χ1v) is 7.23. The van der Waals surface area contributed by atoms with Gasteiger partial charge >= 0.3 is 0 Å². The number of hydrogen-bond acceptors (Lipinski definition) is 2. The number of rotatable bonds is 3. The highest BCUT2D eigenvalue weighted by atomic mass is 79.9. The molecule has 0 spiro atoms. The SMILES string of the molecule is CCOc1ccc2[nH]c(C3CCNC3)c(Br)c2c1. The van der Waals surface area contributed by atoms with Crippen molar-refractivity contribution in [2.45, 2.75) is 19.3 Å². The number of benzene rings is 1. The summed E-state index contributed by atoms with van der Waals surface area (Å²) in [5, 5.41) is 4.62. The highest BCUT2D eigenvalue weighted by molar-refractivity contribution is 9.10. The highest BCUT2D eigenvalue weighted by Gasteiger charge is 2.22. The van der Waals surface area contributed by atoms with Crippen molar-refractivity contribution in [3.8, 4) is 5.75 Å². The Bertz CT molecular complexity index is 558. The van der Waals surface area contributed by atoms with E-state index in [2.05, 4.69) is 38.4 Å². The fraction of sp³-hybridized carbons (Fsp3) is 0.429. The van der Waals surface area contributed by atoms with Crippen LogP contribution in [0.2, 0.25) is 0 Å². The first-order chi connectivity index (χ1) is 8.79. The topological polar surface area (TPSA) is 37.0 Å². The van der Waals surface area contributed by atoms with Crippen molar-refractivity contribution in [2.75, 3.05) is 19.7 Å². The van der Waals surface area contributed by atoms with Gasteiger partial charge in [0, 0.05) is 33.5 Å². The Kier molecular flexibility index (Phi) is 3.31. The first kappa shape index (κ1) is 12.1. The zero-order valence-corrected chi connectivity index (χ0v) is 12.0. The fourth-order valence-corrected chi connectivity index (χ4v) is 3.35. The molecule has 1 aliphatic rings. The molecule has 3 nitrogen and oxygen atoms in total. The van der Waals surface area contributed by atoms with Crippen LogP contribution in [0.25, 0.3) is 10.9 Å². The molecule has 3 rings (SSSR count). The second-order valence-corrected chi connectivity index (χ2v) is 5.48. The summed E-state index contributed by atoms with van der Waals surface area (Å²) >= 11 is 3.73. The summed E-state index contributed by atoms with van der Waals surface area (Å²) in [6.07, 6.45) is 1.20. The molecule has 1 aromatic carbocycles. The van der Waals surface area contributed by atoms with Crippen LogP contribution in [-0.2, 0) is 0 Å². The lowest BCUT2D eigenvalue weighted by Crippen LogP contribution is -2.08. The Labute approximate surface area is 115 Å². The van der Waals surface area contributed by atoms with E-state index >= 15 is 0 Å². The normalized spacial score (nSPS) is 19.6. The quantitative estimate of drug-likeness (QED) is 0.912. The van der Waals surface area contributed by atoms with Crippen molar-refractivity contribution in [1.82, 2.24) is 10.3 Å². The van der Waals surface area contributed by atoms with Crippen LogP contribution in [0.5, 0.6) is 5.75 Å². The van der Waals surface area contributed by atoms with Gasteiger partial charge in [-0.3, -0.25) is 0 Å². The molecule has 1 aliphatic heterocycles. The Morgan fingerprint density at radius 2 is 2.33 bits per heavy atom. The third-order valence-electron chi connectivity index (χ3n) is 3.51. The van der Waals surface area contributed by atoms with Crippen LogP contribution >= 0.6 is 15.9 Å². The lowest BCUT2D eigenvalue weighted by Gasteiger charge is -2.06. The van der Waals surface area contributed by atoms with Crippen molar-refractivity contribution < 1.29 is 4.74 Å². The summed E-state index contributed by atoms with van der Waals surface area (Å²) in [6.45, 7) is 4.87. The van der Waals surface area contributed by atoms with Gasteiger partial charge in [-0.25, -0.2) is 0 Å². The van der Waals surface area contributed by atoms with Crippen molar-refractivity contribution in [3.63, 3.8) is 0 Å². The van der Waals surface area contributed by atoms with Gasteiger partial charge in [0.25, 0.3) is 0 Å². The van der Waals surface area contributed by atoms with Crippen LogP contribution in [0, 0.1) is 0 Å². The van der Waals surface area contributed by atoms with E-state index in [9.17, 15) is 0 Å². The molecule has 0 bridgehead atoms. The number of fused-ring (bicyclic) bond motifs is 1. The van der Waals surface area contributed by atoms with Gasteiger partial charge in [-0.15, -0.1) is 0 Å². The number of hydrogen-bond donors (Lipinski definition) is 2. The molecule has 0 radical (unpaired) electrons. The Hall–Kier alpha value is -1.00. The number of aromatic amines is 1. The van der Waals surface area contributed by atoms with E-state index in [1.807, 2.05) is 13.0 Å². The van der Waals surface area contributed by atoms with Crippen LogP contribution in [-0.4, -0.2) is 24.7 Å². The van der Waals surface area contributed by atoms with Gasteiger partial charge in [0.1, 0.15) is 5.75 Å². The number of halogens is 1. The minimum absolute atomic E-state index is 0.585. The van der Waals surface area contributed by atoms with Gasteiger partial charge < -0.3 is 15.0 Å². The Morgan fingerprint density at radius 1 is 1.44 bits per heavy atom. The van der Waals surface area contributed by atoms with Gasteiger partial charge in [-0.2, -0.15) is 0 Å². The van der Waals surface area contributed by atoms with Gasteiger partial charge in [0.2, 0.25) is 0 Å². The summed E-state index contributed by atoms with van der Waals surface area (Å²) < 4.78 is 6.74. The lowest BCUT2D eigenvalue weighted by molar-refractivity contribution is 0.340. The highest BCUT2D eigenvalue weighted by Crippen LogP contribution is 2.36. The van der Waals surface area contributed by atoms with Gasteiger partial charge in [-0.05, 0) is 54.0 Å². The third-order valence-corrected chi connectivity index (χ3v) is 4.37. The maximum atomic E-state index is 5.56. The number of ether oxygens (including phenoxy) is 1. The van der Waals surface area contributed by atoms with Crippen molar-refractivity contribution in [1.29, 1.82) is 0 Å². The van der Waals surface area contributed by atoms with Crippen molar-refractivity contribution >= 4 is 26.8 Å². The monoisotopic (exact) mass is 308 g/mol. The molecule has 18 heavy (non-hydrogen) atoms. The summed E-state index contributed by atoms with van der Waals surface area (Å²) in [6, 6.07) is 6.22. The molecular formula is C14H17BrN2O. The van der Waals surface area contributed by atoms with E-state index in [1.54, 1.807) is 0 Å². The Balaban J connectivity index is 2.04. The molecule has 1 atom stereocenters. The molecule has 1 aromatic heterocycles. The van der Waals surface area contributed by atoms with E-state index in [1.165, 1.54) is 27.5 Å². The van der Waals surface area contributed by atoms with Crippen LogP contribution in [0.3, 0.4) is 0 Å². The van der Waals surface area contributed by atoms with Crippen LogP contribution in [0.15, 0.2) is 22.7 Å². The maximum absolute atomic E-state index is 5.56. The number of H-pyrrole nitrogens is 1. The van der Waals surface area contributed by atoms with Crippen molar-refractivity contribution in [3.05, 3.63) is 28.4 Å². The molecule has 0 saturated carbocycles. The van der Waals surface area contributed by atoms with E-state index in [0.29, 0.717) is 12.5 Å². The largest absolute Gasteiger partial charge is 0.494 e. The second-order valence-electron chi connectivity index (χ2n) is 4.68. The van der Waals surface area contributed by atoms with Crippen LogP contribution < -0.4 is 10.1 Å². The molecule has 2 N–H and O–H groups in total. The van der Waals surface area contributed by atoms with E-state index < -0.39 is 0 Å². The first-order valence-electron chi connectivity index (χ1n) is 6.44. The fourth-order valence-electron chi connectivity index (χ4n) is 2.60. The zero-order chi connectivity index (χ0) is 12.5. The summed E-state index contributed by atoms with van der Waals surface area (Å²) in [7, 11) is 0. The van der Waals surface area contributed by atoms with E-state index in [-0.39, 0.29) is 0 Å². The molecule has 4 heteroatoms. The predicted molar refractivity (Wildman–Crippen MR) is 77.4 cm³/mol. The van der Waals surface area contributed by atoms with Gasteiger partial charge in [0.15, 0.2) is 0 Å². The lowest BCUT2D eigenvalue weighted by atomic mass is 10.1. The molecule has 2 aromatic rings. The minimum Gasteiger partial charge on any atom is -0.494 e. The predicted octanol–water partition coefficient (Wildman–Crippen LogP) is 3.41. The second kappa shape index (κ2) is 4.94. The summed E-state index contributed by atoms with van der Waals surface area (Å²) in [5.74, 6) is 1.52. The smallest absolute Gasteiger partial charge is 0.120 e. The van der Waals surface area contributed by atoms with E-state index in [4.69, 9.17) is 4.74 Å². The molecule has 1 unspecified atom stereocenters. The minimum atomic E-state index is 0.585. The Morgan fingerprint density at radius 3 is 3.06 bits per heavy atom. The van der Waals surface area contributed by atoms with Gasteiger partial charge in [0.05, 0.1) is 6.61 Å². The zero-order valence-electron chi connectivity index (χ0n) is 10.4. The van der Waals surface area contributed by atoms with Gasteiger partial charge in [-0.1, -0.05) is 0 Å². The third kappa shape index (κ3) is 2.04. The molecular weight excluding hydrogens is 292 g/mol. The average Bonchev–Trinajstić information content (AvgIpc) is 2.99. The summed E-state index contributed by atoms with van der Waals surface area (Å²) in [5.41, 5.74) is 2.48. The molecule has 0 amide bonds. The van der Waals surface area contributed by atoms with Crippen LogP contribution in [0.4, 0.5) is 0 Å². The average molecular weight is 309 g/mol. The number of nitrogens with one attached hydrogen (secondary N) is 2. The van der Waals surface area contributed by atoms with E-state index in [0.717, 1.165) is 18.8 Å². The number of aromatic nitrogens is 1. The summed E-state index contributed by atoms with van der Waals surface area (Å²) in [4.78, 5) is 3.53. The molecule has 0 aliphatic carbocycles. The molecule has 1 saturated heterocycles. The van der Waals surface area contributed by atoms with Crippen molar-refractivity contribution in [2.24, 2.45) is 0 Å².